The second-order valence-electron chi connectivity index (χ2n) is 2.96. The quantitative estimate of drug-likeness (QED) is 0.505. The van der Waals surface area contributed by atoms with Gasteiger partial charge >= 0.3 is 0 Å². The van der Waals surface area contributed by atoms with Gasteiger partial charge in [0.1, 0.15) is 12.0 Å². The average Bonchev–Trinajstić information content (AvgIpc) is 2.61. The predicted octanol–water partition coefficient (Wildman–Crippen LogP) is 1.83. The number of ether oxygens (including phenoxy) is 1. The molecule has 1 aromatic rings. The van der Waals surface area contributed by atoms with Gasteiger partial charge in [-0.1, -0.05) is 12.1 Å². The van der Waals surface area contributed by atoms with Crippen LogP contribution >= 0.6 is 0 Å². The number of fused-ring (bicyclic) bond motifs is 1. The average molecular weight is 174 g/mol. The summed E-state index contributed by atoms with van der Waals surface area (Å²) < 4.78 is 5.36. The number of carbonyl (C=O) groups is 1. The molecule has 0 saturated carbocycles. The van der Waals surface area contributed by atoms with Crippen LogP contribution in [0.25, 0.3) is 6.08 Å². The van der Waals surface area contributed by atoms with Gasteiger partial charge < -0.3 is 4.74 Å². The highest BCUT2D eigenvalue weighted by Crippen LogP contribution is 2.26. The van der Waals surface area contributed by atoms with Crippen LogP contribution in [0.5, 0.6) is 5.75 Å². The standard InChI is InChI=1S/C11H10O2/c12-6-1-2-9-3-4-11-10(8-9)5-7-13-11/h1-4,6,8H,5,7H2. The second kappa shape index (κ2) is 3.44. The van der Waals surface area contributed by atoms with Gasteiger partial charge in [0.05, 0.1) is 6.61 Å². The van der Waals surface area contributed by atoms with Crippen molar-refractivity contribution in [1.82, 2.24) is 0 Å². The van der Waals surface area contributed by atoms with Crippen molar-refractivity contribution in [1.29, 1.82) is 0 Å². The molecule has 0 atom stereocenters. The molecule has 2 heteroatoms. The van der Waals surface area contributed by atoms with Gasteiger partial charge in [0.25, 0.3) is 0 Å². The minimum absolute atomic E-state index is 0.774. The Morgan fingerprint density at radius 1 is 1.38 bits per heavy atom. The third-order valence-corrected chi connectivity index (χ3v) is 2.08. The molecule has 0 saturated heterocycles. The largest absolute Gasteiger partial charge is 0.493 e. The van der Waals surface area contributed by atoms with E-state index in [2.05, 4.69) is 6.07 Å². The molecule has 1 aliphatic heterocycles. The van der Waals surface area contributed by atoms with Crippen molar-refractivity contribution >= 4 is 12.4 Å². The molecule has 1 aromatic carbocycles. The molecule has 0 bridgehead atoms. The third-order valence-electron chi connectivity index (χ3n) is 2.08. The minimum Gasteiger partial charge on any atom is -0.493 e. The molecule has 0 radical (unpaired) electrons. The van der Waals surface area contributed by atoms with Crippen molar-refractivity contribution < 1.29 is 9.53 Å². The maximum Gasteiger partial charge on any atom is 0.142 e. The van der Waals surface area contributed by atoms with Crippen LogP contribution in [0.2, 0.25) is 0 Å². The van der Waals surface area contributed by atoms with Crippen molar-refractivity contribution in [2.24, 2.45) is 0 Å². The lowest BCUT2D eigenvalue weighted by Crippen LogP contribution is -1.85. The molecule has 0 unspecified atom stereocenters. The van der Waals surface area contributed by atoms with E-state index in [1.165, 1.54) is 11.6 Å². The summed E-state index contributed by atoms with van der Waals surface area (Å²) in [6.45, 7) is 0.774. The lowest BCUT2D eigenvalue weighted by atomic mass is 10.1. The highest BCUT2D eigenvalue weighted by atomic mass is 16.5. The van der Waals surface area contributed by atoms with Crippen molar-refractivity contribution in [3.8, 4) is 5.75 Å². The van der Waals surface area contributed by atoms with E-state index >= 15 is 0 Å². The lowest BCUT2D eigenvalue weighted by Gasteiger charge is -1.98. The van der Waals surface area contributed by atoms with E-state index in [-0.39, 0.29) is 0 Å². The summed E-state index contributed by atoms with van der Waals surface area (Å²) in [5, 5.41) is 0. The molecule has 0 fully saturated rings. The van der Waals surface area contributed by atoms with Crippen molar-refractivity contribution in [2.75, 3.05) is 6.61 Å². The Bertz CT molecular complexity index is 353. The maximum absolute atomic E-state index is 10.1. The Morgan fingerprint density at radius 2 is 2.31 bits per heavy atom. The molecule has 2 nitrogen and oxygen atoms in total. The number of benzene rings is 1. The lowest BCUT2D eigenvalue weighted by molar-refractivity contribution is -0.104. The van der Waals surface area contributed by atoms with Gasteiger partial charge in [-0.2, -0.15) is 0 Å². The minimum atomic E-state index is 0.774. The first-order chi connectivity index (χ1) is 6.40. The topological polar surface area (TPSA) is 26.3 Å². The fourth-order valence-corrected chi connectivity index (χ4v) is 1.46. The van der Waals surface area contributed by atoms with Crippen LogP contribution in [0.4, 0.5) is 0 Å². The van der Waals surface area contributed by atoms with Crippen LogP contribution in [0.15, 0.2) is 24.3 Å². The third kappa shape index (κ3) is 1.61. The maximum atomic E-state index is 10.1. The van der Waals surface area contributed by atoms with Crippen molar-refractivity contribution in [3.05, 3.63) is 35.4 Å². The highest BCUT2D eigenvalue weighted by Gasteiger charge is 2.10. The molecule has 2 rings (SSSR count). The van der Waals surface area contributed by atoms with Crippen LogP contribution in [0.1, 0.15) is 11.1 Å². The molecular weight excluding hydrogens is 164 g/mol. The SMILES string of the molecule is O=CC=Cc1ccc2c(c1)CCO2. The van der Waals surface area contributed by atoms with Crippen LogP contribution in [-0.4, -0.2) is 12.9 Å². The van der Waals surface area contributed by atoms with Gasteiger partial charge in [-0.25, -0.2) is 0 Å². The summed E-state index contributed by atoms with van der Waals surface area (Å²) >= 11 is 0. The number of allylic oxidation sites excluding steroid dienone is 1. The van der Waals surface area contributed by atoms with E-state index < -0.39 is 0 Å². The van der Waals surface area contributed by atoms with Gasteiger partial charge in [0, 0.05) is 6.42 Å². The fourth-order valence-electron chi connectivity index (χ4n) is 1.46. The van der Waals surface area contributed by atoms with Gasteiger partial charge in [0.15, 0.2) is 0 Å². The molecule has 0 spiro atoms. The Labute approximate surface area is 76.8 Å². The number of aldehydes is 1. The Hall–Kier alpha value is -1.57. The zero-order valence-corrected chi connectivity index (χ0v) is 7.19. The molecule has 0 N–H and O–H groups in total. The summed E-state index contributed by atoms with van der Waals surface area (Å²) in [6, 6.07) is 5.96. The fraction of sp³-hybridized carbons (Fsp3) is 0.182. The zero-order chi connectivity index (χ0) is 9.10. The van der Waals surface area contributed by atoms with E-state index in [0.29, 0.717) is 0 Å². The smallest absolute Gasteiger partial charge is 0.142 e. The van der Waals surface area contributed by atoms with Crippen LogP contribution in [0, 0.1) is 0 Å². The number of rotatable bonds is 2. The first-order valence-electron chi connectivity index (χ1n) is 4.28. The zero-order valence-electron chi connectivity index (χ0n) is 7.19. The normalized spacial score (nSPS) is 14.2. The van der Waals surface area contributed by atoms with Crippen LogP contribution in [-0.2, 0) is 11.2 Å². The van der Waals surface area contributed by atoms with Gasteiger partial charge in [0.2, 0.25) is 0 Å². The first-order valence-corrected chi connectivity index (χ1v) is 4.28. The monoisotopic (exact) mass is 174 g/mol. The molecule has 66 valence electrons. The van der Waals surface area contributed by atoms with E-state index in [0.717, 1.165) is 30.6 Å². The molecule has 13 heavy (non-hydrogen) atoms. The molecule has 1 aliphatic rings. The van der Waals surface area contributed by atoms with E-state index in [9.17, 15) is 4.79 Å². The number of hydrogen-bond donors (Lipinski definition) is 0. The summed E-state index contributed by atoms with van der Waals surface area (Å²) in [5.74, 6) is 0.975. The number of hydrogen-bond acceptors (Lipinski definition) is 2. The highest BCUT2D eigenvalue weighted by molar-refractivity contribution is 5.74. The van der Waals surface area contributed by atoms with Gasteiger partial charge in [-0.15, -0.1) is 0 Å². The Balaban J connectivity index is 2.30. The van der Waals surface area contributed by atoms with Gasteiger partial charge in [-0.05, 0) is 29.3 Å². The Kier molecular flexibility index (Phi) is 2.13. The van der Waals surface area contributed by atoms with E-state index in [1.807, 2.05) is 12.1 Å². The summed E-state index contributed by atoms with van der Waals surface area (Å²) in [7, 11) is 0. The van der Waals surface area contributed by atoms with Gasteiger partial charge in [-0.3, -0.25) is 4.79 Å². The molecule has 0 aromatic heterocycles. The number of carbonyl (C=O) groups excluding carboxylic acids is 1. The van der Waals surface area contributed by atoms with Crippen LogP contribution in [0.3, 0.4) is 0 Å². The van der Waals surface area contributed by atoms with E-state index in [4.69, 9.17) is 4.74 Å². The van der Waals surface area contributed by atoms with E-state index in [1.54, 1.807) is 6.08 Å². The molecule has 0 aliphatic carbocycles. The Morgan fingerprint density at radius 3 is 3.15 bits per heavy atom. The van der Waals surface area contributed by atoms with Crippen molar-refractivity contribution in [3.63, 3.8) is 0 Å². The second-order valence-corrected chi connectivity index (χ2v) is 2.96. The molecule has 1 heterocycles. The summed E-state index contributed by atoms with van der Waals surface area (Å²) in [4.78, 5) is 10.1. The first kappa shape index (κ1) is 8.05. The summed E-state index contributed by atoms with van der Waals surface area (Å²) in [5.41, 5.74) is 2.28. The predicted molar refractivity (Wildman–Crippen MR) is 50.7 cm³/mol. The van der Waals surface area contributed by atoms with Crippen LogP contribution < -0.4 is 4.74 Å². The molecule has 0 amide bonds. The molecular formula is C11H10O2. The van der Waals surface area contributed by atoms with Crippen molar-refractivity contribution in [2.45, 2.75) is 6.42 Å². The summed E-state index contributed by atoms with van der Waals surface area (Å²) in [6.07, 6.45) is 5.05.